The van der Waals surface area contributed by atoms with Crippen LogP contribution in [0.2, 0.25) is 0 Å². The number of ether oxygens (including phenoxy) is 1. The van der Waals surface area contributed by atoms with Crippen molar-refractivity contribution in [3.8, 4) is 11.8 Å². The van der Waals surface area contributed by atoms with Crippen LogP contribution in [-0.2, 0) is 11.3 Å². The zero-order valence-corrected chi connectivity index (χ0v) is 16.4. The predicted molar refractivity (Wildman–Crippen MR) is 104 cm³/mol. The molecule has 2 fully saturated rings. The van der Waals surface area contributed by atoms with Crippen LogP contribution in [0, 0.1) is 23.1 Å². The number of halogens is 1. The van der Waals surface area contributed by atoms with E-state index in [0.717, 1.165) is 30.8 Å². The van der Waals surface area contributed by atoms with Crippen molar-refractivity contribution in [2.75, 3.05) is 24.6 Å². The van der Waals surface area contributed by atoms with Crippen molar-refractivity contribution in [3.63, 3.8) is 0 Å². The van der Waals surface area contributed by atoms with E-state index in [1.807, 2.05) is 9.80 Å². The highest BCUT2D eigenvalue weighted by Crippen LogP contribution is 2.47. The standard InChI is InChI=1S/C21H21FN6O2/c22-17-10-25-20(26-11-17)27-5-1-14(2-6-27)19(29)28-12-16-9-24-8-15(7-23)18(16)30-13-21(28)3-4-21/h8-11,14H,1-6,12-13H2. The minimum absolute atomic E-state index is 0.0900. The number of hydrogen-bond donors (Lipinski definition) is 0. The van der Waals surface area contributed by atoms with Crippen LogP contribution in [0.1, 0.15) is 36.8 Å². The zero-order valence-electron chi connectivity index (χ0n) is 16.4. The monoisotopic (exact) mass is 408 g/mol. The summed E-state index contributed by atoms with van der Waals surface area (Å²) in [6.07, 6.45) is 8.71. The average Bonchev–Trinajstić information content (AvgIpc) is 3.59. The van der Waals surface area contributed by atoms with E-state index in [-0.39, 0.29) is 17.4 Å². The lowest BCUT2D eigenvalue weighted by Gasteiger charge is -2.36. The minimum Gasteiger partial charge on any atom is -0.489 e. The van der Waals surface area contributed by atoms with Crippen molar-refractivity contribution in [2.24, 2.45) is 5.92 Å². The Bertz CT molecular complexity index is 1010. The highest BCUT2D eigenvalue weighted by Gasteiger charge is 2.53. The largest absolute Gasteiger partial charge is 0.489 e. The third-order valence-corrected chi connectivity index (χ3v) is 6.30. The number of nitriles is 1. The molecule has 8 nitrogen and oxygen atoms in total. The van der Waals surface area contributed by atoms with Crippen molar-refractivity contribution in [1.82, 2.24) is 19.9 Å². The Morgan fingerprint density at radius 1 is 1.20 bits per heavy atom. The Hall–Kier alpha value is -3.28. The van der Waals surface area contributed by atoms with Crippen molar-refractivity contribution in [3.05, 3.63) is 41.7 Å². The summed E-state index contributed by atoms with van der Waals surface area (Å²) in [6.45, 7) is 2.12. The Balaban J connectivity index is 1.32. The maximum Gasteiger partial charge on any atom is 0.226 e. The van der Waals surface area contributed by atoms with Gasteiger partial charge >= 0.3 is 0 Å². The summed E-state index contributed by atoms with van der Waals surface area (Å²) in [7, 11) is 0. The third kappa shape index (κ3) is 3.22. The van der Waals surface area contributed by atoms with Gasteiger partial charge in [-0.25, -0.2) is 14.4 Å². The molecular formula is C21H21FN6O2. The molecule has 30 heavy (non-hydrogen) atoms. The lowest BCUT2D eigenvalue weighted by molar-refractivity contribution is -0.140. The van der Waals surface area contributed by atoms with E-state index in [0.29, 0.717) is 56.3 Å². The molecule has 5 rings (SSSR count). The normalized spacial score (nSPS) is 20.1. The van der Waals surface area contributed by atoms with Gasteiger partial charge in [-0.15, -0.1) is 0 Å². The van der Waals surface area contributed by atoms with Crippen molar-refractivity contribution >= 4 is 11.9 Å². The van der Waals surface area contributed by atoms with Gasteiger partial charge in [0.1, 0.15) is 24.0 Å². The number of pyridine rings is 1. The van der Waals surface area contributed by atoms with Gasteiger partial charge in [0.25, 0.3) is 0 Å². The van der Waals surface area contributed by atoms with Crippen LogP contribution in [0.3, 0.4) is 0 Å². The molecule has 2 aromatic rings. The second-order valence-corrected chi connectivity index (χ2v) is 8.19. The molecule has 1 aliphatic carbocycles. The van der Waals surface area contributed by atoms with Gasteiger partial charge in [0.2, 0.25) is 11.9 Å². The van der Waals surface area contributed by atoms with E-state index < -0.39 is 5.82 Å². The first kappa shape index (κ1) is 18.7. The van der Waals surface area contributed by atoms with Gasteiger partial charge in [0, 0.05) is 37.0 Å². The number of carbonyl (C=O) groups is 1. The Labute approximate surface area is 173 Å². The first-order valence-electron chi connectivity index (χ1n) is 10.1. The van der Waals surface area contributed by atoms with Crippen LogP contribution in [-0.4, -0.2) is 51.0 Å². The zero-order chi connectivity index (χ0) is 20.7. The van der Waals surface area contributed by atoms with Crippen LogP contribution >= 0.6 is 0 Å². The quantitative estimate of drug-likeness (QED) is 0.750. The number of fused-ring (bicyclic) bond motifs is 1. The highest BCUT2D eigenvalue weighted by atomic mass is 19.1. The number of amides is 1. The SMILES string of the molecule is N#Cc1cncc2c1OCC1(CC1)N(C(=O)C1CCN(c3ncc(F)cn3)CC1)C2. The molecule has 4 heterocycles. The van der Waals surface area contributed by atoms with Crippen molar-refractivity contribution in [1.29, 1.82) is 5.26 Å². The Morgan fingerprint density at radius 3 is 2.60 bits per heavy atom. The first-order chi connectivity index (χ1) is 14.6. The van der Waals surface area contributed by atoms with Crippen molar-refractivity contribution < 1.29 is 13.9 Å². The van der Waals surface area contributed by atoms with Gasteiger partial charge in [0.15, 0.2) is 5.82 Å². The molecule has 9 heteroatoms. The lowest BCUT2D eigenvalue weighted by atomic mass is 9.94. The molecule has 0 unspecified atom stereocenters. The maximum absolute atomic E-state index is 13.5. The highest BCUT2D eigenvalue weighted by molar-refractivity contribution is 5.81. The number of aromatic nitrogens is 3. The van der Waals surface area contributed by atoms with Crippen LogP contribution in [0.15, 0.2) is 24.8 Å². The van der Waals surface area contributed by atoms with Crippen molar-refractivity contribution in [2.45, 2.75) is 37.8 Å². The summed E-state index contributed by atoms with van der Waals surface area (Å²) in [6, 6.07) is 2.13. The number of nitrogens with zero attached hydrogens (tertiary/aromatic N) is 6. The van der Waals surface area contributed by atoms with E-state index in [9.17, 15) is 14.4 Å². The van der Waals surface area contributed by atoms with Gasteiger partial charge in [0.05, 0.1) is 24.5 Å². The molecule has 2 aromatic heterocycles. The second-order valence-electron chi connectivity index (χ2n) is 8.19. The van der Waals surface area contributed by atoms with Crippen LogP contribution in [0.5, 0.6) is 5.75 Å². The molecule has 3 aliphatic rings. The summed E-state index contributed by atoms with van der Waals surface area (Å²) in [5, 5.41) is 9.36. The van der Waals surface area contributed by atoms with Crippen LogP contribution in [0.25, 0.3) is 0 Å². The molecule has 154 valence electrons. The lowest BCUT2D eigenvalue weighted by Crippen LogP contribution is -2.49. The fraction of sp³-hybridized carbons (Fsp3) is 0.476. The van der Waals surface area contributed by atoms with Crippen LogP contribution < -0.4 is 9.64 Å². The summed E-state index contributed by atoms with van der Waals surface area (Å²) in [5.41, 5.74) is 0.911. The maximum atomic E-state index is 13.5. The summed E-state index contributed by atoms with van der Waals surface area (Å²) in [4.78, 5) is 29.7. The average molecular weight is 408 g/mol. The minimum atomic E-state index is -0.462. The molecular weight excluding hydrogens is 387 g/mol. The van der Waals surface area contributed by atoms with E-state index in [1.54, 1.807) is 6.20 Å². The molecule has 1 spiro atoms. The number of piperidine rings is 1. The Kier molecular flexibility index (Phi) is 4.50. The van der Waals surface area contributed by atoms with E-state index >= 15 is 0 Å². The van der Waals surface area contributed by atoms with Gasteiger partial charge < -0.3 is 14.5 Å². The molecule has 0 radical (unpaired) electrons. The smallest absolute Gasteiger partial charge is 0.226 e. The van der Waals surface area contributed by atoms with Gasteiger partial charge in [-0.05, 0) is 25.7 Å². The molecule has 0 aromatic carbocycles. The van der Waals surface area contributed by atoms with Crippen LogP contribution in [0.4, 0.5) is 10.3 Å². The molecule has 0 atom stereocenters. The number of hydrogen-bond acceptors (Lipinski definition) is 7. The topological polar surface area (TPSA) is 95.2 Å². The van der Waals surface area contributed by atoms with E-state index in [2.05, 4.69) is 21.0 Å². The second kappa shape index (κ2) is 7.20. The molecule has 1 saturated heterocycles. The number of rotatable bonds is 2. The fourth-order valence-electron chi connectivity index (χ4n) is 4.36. The van der Waals surface area contributed by atoms with Gasteiger partial charge in [-0.3, -0.25) is 9.78 Å². The van der Waals surface area contributed by atoms with Gasteiger partial charge in [-0.2, -0.15) is 5.26 Å². The summed E-state index contributed by atoms with van der Waals surface area (Å²) < 4.78 is 19.1. The number of anilines is 1. The van der Waals surface area contributed by atoms with Gasteiger partial charge in [-0.1, -0.05) is 0 Å². The molecule has 2 aliphatic heterocycles. The fourth-order valence-corrected chi connectivity index (χ4v) is 4.36. The predicted octanol–water partition coefficient (Wildman–Crippen LogP) is 2.05. The molecule has 0 N–H and O–H groups in total. The molecule has 1 saturated carbocycles. The van der Waals surface area contributed by atoms with E-state index in [1.165, 1.54) is 6.20 Å². The first-order valence-corrected chi connectivity index (χ1v) is 10.1. The summed E-state index contributed by atoms with van der Waals surface area (Å²) in [5.74, 6) is 0.626. The molecule has 0 bridgehead atoms. The van der Waals surface area contributed by atoms with E-state index in [4.69, 9.17) is 4.74 Å². The summed E-state index contributed by atoms with van der Waals surface area (Å²) >= 11 is 0. The molecule has 1 amide bonds. The number of carbonyl (C=O) groups excluding carboxylic acids is 1. The Morgan fingerprint density at radius 2 is 1.93 bits per heavy atom. The third-order valence-electron chi connectivity index (χ3n) is 6.30.